The van der Waals surface area contributed by atoms with E-state index in [4.69, 9.17) is 0 Å². The zero-order valence-corrected chi connectivity index (χ0v) is 11.3. The lowest BCUT2D eigenvalue weighted by Crippen LogP contribution is -2.28. The first-order valence-corrected chi connectivity index (χ1v) is 7.01. The van der Waals surface area contributed by atoms with Crippen LogP contribution in [0.3, 0.4) is 0 Å². The van der Waals surface area contributed by atoms with Crippen molar-refractivity contribution in [3.05, 3.63) is 22.7 Å². The van der Waals surface area contributed by atoms with Gasteiger partial charge >= 0.3 is 0 Å². The minimum absolute atomic E-state index is 0.595. The van der Waals surface area contributed by atoms with E-state index < -0.39 is 5.54 Å². The Morgan fingerprint density at radius 3 is 2.83 bits per heavy atom. The average Bonchev–Trinajstić information content (AvgIpc) is 2.91. The van der Waals surface area contributed by atoms with Crippen molar-refractivity contribution < 1.29 is 4.79 Å². The molecule has 0 bridgehead atoms. The van der Waals surface area contributed by atoms with Gasteiger partial charge in [0, 0.05) is 17.1 Å². The van der Waals surface area contributed by atoms with Gasteiger partial charge in [0.2, 0.25) is 0 Å². The molecule has 0 unspecified atom stereocenters. The van der Waals surface area contributed by atoms with Crippen LogP contribution >= 0.6 is 11.3 Å². The van der Waals surface area contributed by atoms with E-state index in [1.54, 1.807) is 16.0 Å². The summed E-state index contributed by atoms with van der Waals surface area (Å²) in [5.41, 5.74) is 4.31. The van der Waals surface area contributed by atoms with Gasteiger partial charge < -0.3 is 4.79 Å². The topological polar surface area (TPSA) is 47.8 Å². The summed E-state index contributed by atoms with van der Waals surface area (Å²) in [6.07, 6.45) is 5.37. The van der Waals surface area contributed by atoms with Gasteiger partial charge in [-0.15, -0.1) is 11.3 Å². The van der Waals surface area contributed by atoms with Crippen molar-refractivity contribution in [2.45, 2.75) is 38.1 Å². The Morgan fingerprint density at radius 1 is 1.50 bits per heavy atom. The lowest BCUT2D eigenvalue weighted by atomic mass is 10.1. The molecule has 0 aromatic carbocycles. The van der Waals surface area contributed by atoms with Gasteiger partial charge in [0.1, 0.15) is 23.2 Å². The van der Waals surface area contributed by atoms with E-state index in [-0.39, 0.29) is 0 Å². The molecule has 0 radical (unpaired) electrons. The highest BCUT2D eigenvalue weighted by Crippen LogP contribution is 2.44. The maximum Gasteiger partial charge on any atom is 0.147 e. The quantitative estimate of drug-likeness (QED) is 0.795. The molecule has 2 aromatic heterocycles. The smallest absolute Gasteiger partial charge is 0.147 e. The number of aromatic nitrogens is 3. The van der Waals surface area contributed by atoms with E-state index in [0.29, 0.717) is 5.92 Å². The molecular formula is C13H15N3OS. The van der Waals surface area contributed by atoms with Gasteiger partial charge in [-0.25, -0.2) is 4.98 Å². The molecule has 18 heavy (non-hydrogen) atoms. The predicted molar refractivity (Wildman–Crippen MR) is 70.7 cm³/mol. The van der Waals surface area contributed by atoms with Crippen molar-refractivity contribution in [3.63, 3.8) is 0 Å². The molecule has 1 aliphatic rings. The molecule has 0 saturated heterocycles. The highest BCUT2D eigenvalue weighted by molar-refractivity contribution is 7.07. The Morgan fingerprint density at radius 2 is 2.28 bits per heavy atom. The second-order valence-electron chi connectivity index (χ2n) is 5.30. The number of rotatable bonds is 4. The zero-order chi connectivity index (χ0) is 12.8. The normalized spacial score (nSPS) is 15.9. The Kier molecular flexibility index (Phi) is 2.59. The van der Waals surface area contributed by atoms with Crippen molar-refractivity contribution in [1.29, 1.82) is 0 Å². The summed E-state index contributed by atoms with van der Waals surface area (Å²) in [4.78, 5) is 15.5. The molecule has 0 spiro atoms. The summed E-state index contributed by atoms with van der Waals surface area (Å²) in [6.45, 7) is 3.74. The highest BCUT2D eigenvalue weighted by Gasteiger charge is 2.32. The molecule has 0 aliphatic heterocycles. The van der Waals surface area contributed by atoms with Gasteiger partial charge in [0.25, 0.3) is 0 Å². The summed E-state index contributed by atoms with van der Waals surface area (Å²) in [5, 5.41) is 6.59. The summed E-state index contributed by atoms with van der Waals surface area (Å²) >= 11 is 1.57. The van der Waals surface area contributed by atoms with Gasteiger partial charge in [-0.05, 0) is 32.6 Å². The van der Waals surface area contributed by atoms with E-state index in [1.807, 2.05) is 30.9 Å². The summed E-state index contributed by atoms with van der Waals surface area (Å²) in [5.74, 6) is 0.595. The Hall–Kier alpha value is -1.49. The second-order valence-corrected chi connectivity index (χ2v) is 6.02. The zero-order valence-electron chi connectivity index (χ0n) is 10.5. The number of aldehydes is 1. The Balaban J connectivity index is 2.10. The minimum atomic E-state index is -0.599. The lowest BCUT2D eigenvalue weighted by Gasteiger charge is -2.17. The van der Waals surface area contributed by atoms with Crippen LogP contribution in [0, 0.1) is 0 Å². The monoisotopic (exact) mass is 261 g/mol. The van der Waals surface area contributed by atoms with Crippen molar-refractivity contribution in [2.24, 2.45) is 0 Å². The lowest BCUT2D eigenvalue weighted by molar-refractivity contribution is -0.114. The van der Waals surface area contributed by atoms with E-state index >= 15 is 0 Å². The fourth-order valence-corrected chi connectivity index (χ4v) is 2.49. The van der Waals surface area contributed by atoms with Crippen LogP contribution in [0.25, 0.3) is 11.4 Å². The van der Waals surface area contributed by atoms with Gasteiger partial charge in [0.15, 0.2) is 0 Å². The molecule has 1 fully saturated rings. The molecule has 0 atom stereocenters. The van der Waals surface area contributed by atoms with Crippen molar-refractivity contribution in [2.75, 3.05) is 0 Å². The first-order valence-electron chi connectivity index (χ1n) is 6.07. The van der Waals surface area contributed by atoms with Gasteiger partial charge in [0.05, 0.1) is 5.51 Å². The molecule has 0 amide bonds. The largest absolute Gasteiger partial charge is 0.301 e. The third kappa shape index (κ3) is 1.88. The molecule has 0 N–H and O–H groups in total. The fourth-order valence-electron chi connectivity index (χ4n) is 1.96. The van der Waals surface area contributed by atoms with Crippen molar-refractivity contribution >= 4 is 17.6 Å². The van der Waals surface area contributed by atoms with Crippen LogP contribution in [0.15, 0.2) is 17.1 Å². The second kappa shape index (κ2) is 4.02. The molecule has 2 heterocycles. The van der Waals surface area contributed by atoms with E-state index in [0.717, 1.165) is 17.7 Å². The number of thiazole rings is 1. The Labute approximate surface area is 110 Å². The molecule has 94 valence electrons. The van der Waals surface area contributed by atoms with Crippen LogP contribution in [0.1, 0.15) is 38.2 Å². The third-order valence-corrected chi connectivity index (χ3v) is 3.90. The van der Waals surface area contributed by atoms with Crippen molar-refractivity contribution in [1.82, 2.24) is 14.8 Å². The standard InChI is InChI=1S/C13H15N3OS/c1-13(2,7-17)16-5-10(9-3-4-9)12(15-16)11-6-18-8-14-11/h5-9H,3-4H2,1-2H3. The molecule has 3 rings (SSSR count). The van der Waals surface area contributed by atoms with Crippen LogP contribution in [0.4, 0.5) is 0 Å². The average molecular weight is 261 g/mol. The highest BCUT2D eigenvalue weighted by atomic mass is 32.1. The predicted octanol–water partition coefficient (Wildman–Crippen LogP) is 2.82. The maximum atomic E-state index is 11.1. The third-order valence-electron chi connectivity index (χ3n) is 3.31. The van der Waals surface area contributed by atoms with Gasteiger partial charge in [-0.1, -0.05) is 0 Å². The summed E-state index contributed by atoms with van der Waals surface area (Å²) in [6, 6.07) is 0. The number of hydrogen-bond donors (Lipinski definition) is 0. The van der Waals surface area contributed by atoms with Crippen LogP contribution in [0.2, 0.25) is 0 Å². The number of carbonyl (C=O) groups is 1. The molecule has 5 heteroatoms. The summed E-state index contributed by atoms with van der Waals surface area (Å²) in [7, 11) is 0. The number of nitrogens with zero attached hydrogens (tertiary/aromatic N) is 3. The number of hydrogen-bond acceptors (Lipinski definition) is 4. The van der Waals surface area contributed by atoms with Gasteiger partial charge in [-0.2, -0.15) is 5.10 Å². The fraction of sp³-hybridized carbons (Fsp3) is 0.462. The van der Waals surface area contributed by atoms with Crippen LogP contribution in [-0.2, 0) is 10.3 Å². The van der Waals surface area contributed by atoms with Crippen LogP contribution in [0.5, 0.6) is 0 Å². The number of carbonyl (C=O) groups excluding carboxylic acids is 1. The summed E-state index contributed by atoms with van der Waals surface area (Å²) < 4.78 is 1.77. The molecule has 1 aliphatic carbocycles. The molecule has 2 aromatic rings. The van der Waals surface area contributed by atoms with Crippen LogP contribution in [-0.4, -0.2) is 21.1 Å². The maximum absolute atomic E-state index is 11.1. The molecule has 1 saturated carbocycles. The van der Waals surface area contributed by atoms with E-state index in [1.165, 1.54) is 18.4 Å². The first-order chi connectivity index (χ1) is 8.62. The Bertz CT molecular complexity index is 567. The van der Waals surface area contributed by atoms with E-state index in [2.05, 4.69) is 10.1 Å². The van der Waals surface area contributed by atoms with Crippen molar-refractivity contribution in [3.8, 4) is 11.4 Å². The molecule has 4 nitrogen and oxygen atoms in total. The van der Waals surface area contributed by atoms with Crippen LogP contribution < -0.4 is 0 Å². The SMILES string of the molecule is CC(C)(C=O)n1cc(C2CC2)c(-c2cscn2)n1. The van der Waals surface area contributed by atoms with E-state index in [9.17, 15) is 4.79 Å². The first kappa shape index (κ1) is 11.6. The molecular weight excluding hydrogens is 246 g/mol. The van der Waals surface area contributed by atoms with Gasteiger partial charge in [-0.3, -0.25) is 4.68 Å². The minimum Gasteiger partial charge on any atom is -0.301 e.